The van der Waals surface area contributed by atoms with Gasteiger partial charge < -0.3 is 5.32 Å². The number of anilines is 2. The molecule has 1 amide bonds. The summed E-state index contributed by atoms with van der Waals surface area (Å²) in [5.41, 5.74) is 0.732. The van der Waals surface area contributed by atoms with Crippen LogP contribution < -0.4 is 10.0 Å². The Morgan fingerprint density at radius 3 is 2.18 bits per heavy atom. The van der Waals surface area contributed by atoms with Crippen LogP contribution in [0.3, 0.4) is 0 Å². The van der Waals surface area contributed by atoms with E-state index in [1.165, 1.54) is 36.4 Å². The molecule has 0 aliphatic rings. The molecule has 144 valence electrons. The maximum Gasteiger partial charge on any atom is 0.261 e. The van der Waals surface area contributed by atoms with Crippen LogP contribution in [0.1, 0.15) is 10.4 Å². The number of amides is 1. The van der Waals surface area contributed by atoms with Crippen LogP contribution in [-0.4, -0.2) is 14.3 Å². The van der Waals surface area contributed by atoms with Crippen LogP contribution >= 0.6 is 34.8 Å². The van der Waals surface area contributed by atoms with Crippen molar-refractivity contribution in [2.75, 3.05) is 10.0 Å². The number of nitrogens with one attached hydrogen (secondary N) is 2. The Balaban J connectivity index is 1.80. The summed E-state index contributed by atoms with van der Waals surface area (Å²) in [4.78, 5) is 12.5. The summed E-state index contributed by atoms with van der Waals surface area (Å²) in [6.45, 7) is 0. The molecule has 3 rings (SSSR count). The fourth-order valence-electron chi connectivity index (χ4n) is 2.33. The maximum atomic E-state index is 12.4. The average molecular weight is 456 g/mol. The van der Waals surface area contributed by atoms with Gasteiger partial charge in [0.05, 0.1) is 26.3 Å². The number of hydrogen-bond donors (Lipinski definition) is 2. The molecule has 0 radical (unpaired) electrons. The minimum Gasteiger partial charge on any atom is -0.321 e. The largest absolute Gasteiger partial charge is 0.321 e. The molecule has 3 aromatic carbocycles. The third kappa shape index (κ3) is 4.77. The van der Waals surface area contributed by atoms with E-state index in [1.54, 1.807) is 30.3 Å². The molecule has 0 heterocycles. The maximum absolute atomic E-state index is 12.4. The van der Waals surface area contributed by atoms with Gasteiger partial charge in [0.15, 0.2) is 0 Å². The van der Waals surface area contributed by atoms with Crippen LogP contribution in [0, 0.1) is 0 Å². The summed E-state index contributed by atoms with van der Waals surface area (Å²) < 4.78 is 27.2. The molecule has 28 heavy (non-hydrogen) atoms. The quantitative estimate of drug-likeness (QED) is 0.518. The first-order valence-electron chi connectivity index (χ1n) is 7.90. The molecule has 0 aliphatic heterocycles. The normalized spacial score (nSPS) is 11.1. The highest BCUT2D eigenvalue weighted by molar-refractivity contribution is 7.92. The van der Waals surface area contributed by atoms with Crippen LogP contribution in [0.5, 0.6) is 0 Å². The highest BCUT2D eigenvalue weighted by Crippen LogP contribution is 2.28. The second kappa shape index (κ2) is 8.41. The zero-order valence-electron chi connectivity index (χ0n) is 14.1. The summed E-state index contributed by atoms with van der Waals surface area (Å²) in [5.74, 6) is -0.469. The number of rotatable bonds is 5. The summed E-state index contributed by atoms with van der Waals surface area (Å²) in [5, 5.41) is 3.46. The minimum atomic E-state index is -3.79. The number of sulfonamides is 1. The van der Waals surface area contributed by atoms with E-state index in [0.29, 0.717) is 15.7 Å². The van der Waals surface area contributed by atoms with Crippen molar-refractivity contribution in [2.24, 2.45) is 0 Å². The van der Waals surface area contributed by atoms with Crippen LogP contribution in [0.15, 0.2) is 71.6 Å². The molecule has 0 aromatic heterocycles. The van der Waals surface area contributed by atoms with E-state index in [4.69, 9.17) is 34.8 Å². The molecular formula is C19H13Cl3N2O3S. The number of carbonyl (C=O) groups excluding carboxylic acids is 1. The average Bonchev–Trinajstić information content (AvgIpc) is 2.67. The Labute approximate surface area is 177 Å². The van der Waals surface area contributed by atoms with Crippen LogP contribution in [0.25, 0.3) is 0 Å². The smallest absolute Gasteiger partial charge is 0.261 e. The number of halogens is 3. The molecule has 9 heteroatoms. The van der Waals surface area contributed by atoms with E-state index < -0.39 is 15.9 Å². The van der Waals surface area contributed by atoms with Gasteiger partial charge in [0, 0.05) is 10.6 Å². The third-order valence-corrected chi connectivity index (χ3v) is 5.96. The SMILES string of the molecule is O=C(Nc1cc(Cl)ccc1Cl)c1ccc(NS(=O)(=O)c2ccccc2)c(Cl)c1. The second-order valence-electron chi connectivity index (χ2n) is 5.69. The second-order valence-corrected chi connectivity index (χ2v) is 8.62. The zero-order valence-corrected chi connectivity index (χ0v) is 17.2. The van der Waals surface area contributed by atoms with Gasteiger partial charge >= 0.3 is 0 Å². The first kappa shape index (κ1) is 20.5. The molecule has 0 saturated heterocycles. The minimum absolute atomic E-state index is 0.0735. The fourth-order valence-corrected chi connectivity index (χ4v) is 4.05. The molecule has 2 N–H and O–H groups in total. The van der Waals surface area contributed by atoms with E-state index in [-0.39, 0.29) is 21.2 Å². The van der Waals surface area contributed by atoms with Crippen molar-refractivity contribution in [3.05, 3.63) is 87.4 Å². The van der Waals surface area contributed by atoms with Gasteiger partial charge in [-0.3, -0.25) is 9.52 Å². The first-order chi connectivity index (χ1) is 13.3. The topological polar surface area (TPSA) is 75.3 Å². The van der Waals surface area contributed by atoms with Crippen molar-refractivity contribution in [3.63, 3.8) is 0 Å². The van der Waals surface area contributed by atoms with Gasteiger partial charge in [0.25, 0.3) is 15.9 Å². The molecule has 0 spiro atoms. The summed E-state index contributed by atoms with van der Waals surface area (Å²) in [6, 6.07) is 16.8. The van der Waals surface area contributed by atoms with Crippen LogP contribution in [0.4, 0.5) is 11.4 Å². The fraction of sp³-hybridized carbons (Fsp3) is 0. The number of benzene rings is 3. The van der Waals surface area contributed by atoms with Crippen LogP contribution in [0.2, 0.25) is 15.1 Å². The Bertz CT molecular complexity index is 1140. The van der Waals surface area contributed by atoms with E-state index >= 15 is 0 Å². The predicted octanol–water partition coefficient (Wildman–Crippen LogP) is 5.70. The molecular weight excluding hydrogens is 443 g/mol. The van der Waals surface area contributed by atoms with Gasteiger partial charge in [0.1, 0.15) is 0 Å². The zero-order chi connectivity index (χ0) is 20.3. The third-order valence-electron chi connectivity index (χ3n) is 3.71. The van der Waals surface area contributed by atoms with Crippen molar-refractivity contribution in [1.82, 2.24) is 0 Å². The lowest BCUT2D eigenvalue weighted by atomic mass is 10.2. The van der Waals surface area contributed by atoms with Crippen molar-refractivity contribution in [3.8, 4) is 0 Å². The monoisotopic (exact) mass is 454 g/mol. The van der Waals surface area contributed by atoms with Crippen molar-refractivity contribution < 1.29 is 13.2 Å². The Morgan fingerprint density at radius 2 is 1.50 bits per heavy atom. The summed E-state index contributed by atoms with van der Waals surface area (Å²) >= 11 is 18.1. The van der Waals surface area contributed by atoms with E-state index in [9.17, 15) is 13.2 Å². The number of carbonyl (C=O) groups is 1. The van der Waals surface area contributed by atoms with Crippen LogP contribution in [-0.2, 0) is 10.0 Å². The van der Waals surface area contributed by atoms with Crippen molar-refractivity contribution in [1.29, 1.82) is 0 Å². The van der Waals surface area contributed by atoms with Crippen molar-refractivity contribution in [2.45, 2.75) is 4.90 Å². The highest BCUT2D eigenvalue weighted by atomic mass is 35.5. The van der Waals surface area contributed by atoms with Gasteiger partial charge in [-0.15, -0.1) is 0 Å². The summed E-state index contributed by atoms with van der Waals surface area (Å²) in [7, 11) is -3.79. The highest BCUT2D eigenvalue weighted by Gasteiger charge is 2.17. The van der Waals surface area contributed by atoms with Gasteiger partial charge in [-0.1, -0.05) is 53.0 Å². The van der Waals surface area contributed by atoms with Gasteiger partial charge in [-0.05, 0) is 48.5 Å². The first-order valence-corrected chi connectivity index (χ1v) is 10.5. The van der Waals surface area contributed by atoms with Crippen molar-refractivity contribution >= 4 is 62.1 Å². The Morgan fingerprint density at radius 1 is 0.786 bits per heavy atom. The molecule has 0 bridgehead atoms. The lowest BCUT2D eigenvalue weighted by Gasteiger charge is -2.12. The summed E-state index contributed by atoms with van der Waals surface area (Å²) in [6.07, 6.45) is 0. The molecule has 5 nitrogen and oxygen atoms in total. The van der Waals surface area contributed by atoms with E-state index in [0.717, 1.165) is 0 Å². The van der Waals surface area contributed by atoms with Gasteiger partial charge in [0.2, 0.25) is 0 Å². The molecule has 0 saturated carbocycles. The lowest BCUT2D eigenvalue weighted by Crippen LogP contribution is -2.15. The molecule has 0 unspecified atom stereocenters. The molecule has 0 atom stereocenters. The lowest BCUT2D eigenvalue weighted by molar-refractivity contribution is 0.102. The molecule has 3 aromatic rings. The molecule has 0 aliphatic carbocycles. The van der Waals surface area contributed by atoms with E-state index in [2.05, 4.69) is 10.0 Å². The predicted molar refractivity (Wildman–Crippen MR) is 113 cm³/mol. The van der Waals surface area contributed by atoms with Gasteiger partial charge in [-0.2, -0.15) is 0 Å². The number of hydrogen-bond acceptors (Lipinski definition) is 3. The standard InChI is InChI=1S/C19H13Cl3N2O3S/c20-13-7-8-15(21)18(11-13)23-19(25)12-6-9-17(16(22)10-12)24-28(26,27)14-4-2-1-3-5-14/h1-11,24H,(H,23,25). The Kier molecular flexibility index (Phi) is 6.15. The van der Waals surface area contributed by atoms with Gasteiger partial charge in [-0.25, -0.2) is 8.42 Å². The van der Waals surface area contributed by atoms with E-state index in [1.807, 2.05) is 0 Å². The molecule has 0 fully saturated rings. The Hall–Kier alpha value is -2.25.